The molecule has 7 rings (SSSR count). The summed E-state index contributed by atoms with van der Waals surface area (Å²) in [6.07, 6.45) is 0.989. The Labute approximate surface area is 303 Å². The van der Waals surface area contributed by atoms with E-state index in [9.17, 15) is 0 Å². The van der Waals surface area contributed by atoms with Gasteiger partial charge in [-0.3, -0.25) is 0 Å². The zero-order valence-electron chi connectivity index (χ0n) is 27.9. The zero-order valence-corrected chi connectivity index (χ0v) is 32.9. The number of halogens is 2. The van der Waals surface area contributed by atoms with Gasteiger partial charge in [-0.05, 0) is 29.0 Å². The van der Waals surface area contributed by atoms with Gasteiger partial charge >= 0.3 is 37.9 Å². The van der Waals surface area contributed by atoms with Crippen LogP contribution in [0.15, 0.2) is 146 Å². The molecule has 0 heterocycles. The molecule has 4 heteroatoms. The third-order valence-electron chi connectivity index (χ3n) is 8.02. The van der Waals surface area contributed by atoms with Crippen molar-refractivity contribution in [3.8, 4) is 22.3 Å². The SMILES string of the molecule is CC(C)c1cc2c(-c3ccccc3)cccc2[cH-]1.C[Si]C.Cc1ccc(-c2ccccc2)c2cc(Cc3ccccc3)[cH-]c12.[Cl][Zr+2][Cl]. The summed E-state index contributed by atoms with van der Waals surface area (Å²) in [6, 6.07) is 52.4. The fourth-order valence-electron chi connectivity index (χ4n) is 5.77. The molecular formula is C43H42Cl2SiZr. The van der Waals surface area contributed by atoms with Crippen LogP contribution in [0.25, 0.3) is 43.8 Å². The molecule has 0 aliphatic heterocycles. The number of fused-ring (bicyclic) bond motifs is 2. The van der Waals surface area contributed by atoms with Gasteiger partial charge < -0.3 is 0 Å². The van der Waals surface area contributed by atoms with Crippen molar-refractivity contribution in [2.75, 3.05) is 0 Å². The van der Waals surface area contributed by atoms with Gasteiger partial charge in [0.25, 0.3) is 0 Å². The Balaban J connectivity index is 0.000000186. The molecule has 0 spiro atoms. The quantitative estimate of drug-likeness (QED) is 0.121. The summed E-state index contributed by atoms with van der Waals surface area (Å²) in [6.45, 7) is 11.0. The maximum absolute atomic E-state index is 4.93. The van der Waals surface area contributed by atoms with Crippen molar-refractivity contribution in [3.63, 3.8) is 0 Å². The molecule has 0 N–H and O–H groups in total. The van der Waals surface area contributed by atoms with E-state index in [1.807, 2.05) is 0 Å². The Kier molecular flexibility index (Phi) is 15.0. The Bertz CT molecular complexity index is 1920. The van der Waals surface area contributed by atoms with Crippen molar-refractivity contribution >= 4 is 48.1 Å². The number of hydrogen-bond donors (Lipinski definition) is 0. The van der Waals surface area contributed by atoms with Crippen LogP contribution in [-0.2, 0) is 27.3 Å². The fourth-order valence-corrected chi connectivity index (χ4v) is 5.77. The molecule has 0 amide bonds. The molecule has 0 aliphatic rings. The van der Waals surface area contributed by atoms with E-state index in [-0.39, 0.29) is 0 Å². The molecule has 0 bridgehead atoms. The number of aryl methyl sites for hydroxylation is 1. The van der Waals surface area contributed by atoms with Crippen LogP contribution >= 0.6 is 17.0 Å². The van der Waals surface area contributed by atoms with E-state index in [0.29, 0.717) is 5.92 Å². The molecule has 0 atom stereocenters. The van der Waals surface area contributed by atoms with Crippen LogP contribution in [0, 0.1) is 6.92 Å². The molecule has 0 saturated carbocycles. The molecule has 0 nitrogen and oxygen atoms in total. The van der Waals surface area contributed by atoms with E-state index in [4.69, 9.17) is 17.0 Å². The minimum absolute atomic E-state index is 0.584. The second-order valence-corrected chi connectivity index (χ2v) is 16.6. The van der Waals surface area contributed by atoms with Gasteiger partial charge in [0.05, 0.1) is 0 Å². The van der Waals surface area contributed by atoms with Crippen LogP contribution in [0.2, 0.25) is 13.1 Å². The minimum atomic E-state index is -0.826. The van der Waals surface area contributed by atoms with Gasteiger partial charge in [0.2, 0.25) is 0 Å². The first-order chi connectivity index (χ1) is 22.9. The van der Waals surface area contributed by atoms with Crippen molar-refractivity contribution in [2.45, 2.75) is 46.2 Å². The molecular weight excluding hydrogens is 707 g/mol. The summed E-state index contributed by atoms with van der Waals surface area (Å²) in [7, 11) is 11.0. The fraction of sp³-hybridized carbons (Fsp3) is 0.163. The van der Waals surface area contributed by atoms with E-state index >= 15 is 0 Å². The van der Waals surface area contributed by atoms with E-state index < -0.39 is 20.8 Å². The van der Waals surface area contributed by atoms with Crippen LogP contribution in [0.1, 0.15) is 42.0 Å². The van der Waals surface area contributed by atoms with Gasteiger partial charge in [-0.25, -0.2) is 0 Å². The molecule has 7 aromatic carbocycles. The first kappa shape index (κ1) is 36.8. The van der Waals surface area contributed by atoms with Crippen LogP contribution < -0.4 is 0 Å². The summed E-state index contributed by atoms with van der Waals surface area (Å²) >= 11 is -0.826. The summed E-state index contributed by atoms with van der Waals surface area (Å²) in [5, 5.41) is 5.45. The van der Waals surface area contributed by atoms with Gasteiger partial charge in [0.1, 0.15) is 0 Å². The monoisotopic (exact) mass is 746 g/mol. The van der Waals surface area contributed by atoms with Crippen LogP contribution in [0.4, 0.5) is 0 Å². The van der Waals surface area contributed by atoms with Gasteiger partial charge in [-0.1, -0.05) is 148 Å². The number of rotatable bonds is 5. The predicted octanol–water partition coefficient (Wildman–Crippen LogP) is 13.6. The molecule has 0 saturated heterocycles. The van der Waals surface area contributed by atoms with Crippen molar-refractivity contribution in [3.05, 3.63) is 168 Å². The van der Waals surface area contributed by atoms with Gasteiger partial charge in [-0.2, -0.15) is 12.1 Å². The van der Waals surface area contributed by atoms with Crippen molar-refractivity contribution in [1.29, 1.82) is 0 Å². The Morgan fingerprint density at radius 3 is 1.72 bits per heavy atom. The average Bonchev–Trinajstić information content (AvgIpc) is 3.73. The van der Waals surface area contributed by atoms with Gasteiger partial charge in [0.15, 0.2) is 0 Å². The van der Waals surface area contributed by atoms with E-state index in [2.05, 4.69) is 179 Å². The molecule has 0 aliphatic carbocycles. The zero-order chi connectivity index (χ0) is 33.6. The van der Waals surface area contributed by atoms with E-state index in [0.717, 1.165) is 15.9 Å². The van der Waals surface area contributed by atoms with Crippen molar-refractivity contribution < 1.29 is 20.8 Å². The Morgan fingerprint density at radius 1 is 0.638 bits per heavy atom. The summed E-state index contributed by atoms with van der Waals surface area (Å²) in [5.41, 5.74) is 10.8. The van der Waals surface area contributed by atoms with Gasteiger partial charge in [-0.15, -0.1) is 68.6 Å². The Morgan fingerprint density at radius 2 is 1.17 bits per heavy atom. The predicted molar refractivity (Wildman–Crippen MR) is 207 cm³/mol. The first-order valence-corrected chi connectivity index (χ1v) is 24.3. The third-order valence-corrected chi connectivity index (χ3v) is 8.02. The summed E-state index contributed by atoms with van der Waals surface area (Å²) in [5.74, 6) is 0.584. The summed E-state index contributed by atoms with van der Waals surface area (Å²) in [4.78, 5) is 0. The first-order valence-electron chi connectivity index (χ1n) is 16.0. The van der Waals surface area contributed by atoms with Crippen LogP contribution in [0.3, 0.4) is 0 Å². The molecule has 236 valence electrons. The molecule has 2 radical (unpaired) electrons. The number of hydrogen-bond acceptors (Lipinski definition) is 0. The van der Waals surface area contributed by atoms with E-state index in [1.165, 1.54) is 66.1 Å². The maximum atomic E-state index is 4.93. The van der Waals surface area contributed by atoms with Crippen LogP contribution in [0.5, 0.6) is 0 Å². The molecule has 0 fully saturated rings. The van der Waals surface area contributed by atoms with E-state index in [1.54, 1.807) is 0 Å². The average molecular weight is 749 g/mol. The van der Waals surface area contributed by atoms with Gasteiger partial charge in [0, 0.05) is 9.52 Å². The molecule has 47 heavy (non-hydrogen) atoms. The standard InChI is InChI=1S/C23H19.C18H17.C2H6Si.2ClH.Zr/c1-17-12-13-21(20-10-6-3-7-11-20)23-16-19(15-22(17)23)14-18-8-4-2-5-9-18;1-13(2)16-11-15-9-6-10-17(18(15)12-16)14-7-4-3-5-8-14;1-3-2;;;/h2-13,15-16H,14H2,1H3;3-13H,1-2H3;1-2H3;2*1H;/q2*-1;;;;+4/p-2. The normalized spacial score (nSPS) is 10.3. The number of benzene rings is 5. The topological polar surface area (TPSA) is 0 Å². The summed E-state index contributed by atoms with van der Waals surface area (Å²) < 4.78 is 0. The van der Waals surface area contributed by atoms with Crippen LogP contribution in [-0.4, -0.2) is 9.52 Å². The second kappa shape index (κ2) is 19.1. The second-order valence-electron chi connectivity index (χ2n) is 11.8. The van der Waals surface area contributed by atoms with Crippen molar-refractivity contribution in [2.24, 2.45) is 0 Å². The molecule has 7 aromatic rings. The molecule has 0 unspecified atom stereocenters. The Hall–Kier alpha value is -3.00. The molecule has 0 aromatic heterocycles. The third kappa shape index (κ3) is 10.2. The van der Waals surface area contributed by atoms with Crippen molar-refractivity contribution in [1.82, 2.24) is 0 Å².